The molecule has 0 heterocycles. The van der Waals surface area contributed by atoms with Crippen LogP contribution in [-0.2, 0) is 9.47 Å². The summed E-state index contributed by atoms with van der Waals surface area (Å²) in [4.78, 5) is 0. The molecule has 0 rings (SSSR count). The molecule has 13 heavy (non-hydrogen) atoms. The number of hydrogen-bond donors (Lipinski definition) is 0. The lowest BCUT2D eigenvalue weighted by Gasteiger charge is -2.14. The van der Waals surface area contributed by atoms with E-state index in [-0.39, 0.29) is 12.2 Å². The summed E-state index contributed by atoms with van der Waals surface area (Å²) in [5.74, 6) is 0. The summed E-state index contributed by atoms with van der Waals surface area (Å²) >= 11 is 0. The molecule has 0 spiro atoms. The van der Waals surface area contributed by atoms with Gasteiger partial charge in [-0.3, -0.25) is 0 Å². The molecule has 0 aliphatic rings. The molecule has 0 aliphatic heterocycles. The Hall–Kier alpha value is -0.120. The topological polar surface area (TPSA) is 32.6 Å². The van der Waals surface area contributed by atoms with Crippen LogP contribution in [0.2, 0.25) is 0 Å². The van der Waals surface area contributed by atoms with Gasteiger partial charge in [-0.15, -0.1) is 0 Å². The molecule has 79 valence electrons. The summed E-state index contributed by atoms with van der Waals surface area (Å²) in [7, 11) is 0. The zero-order valence-electron chi connectivity index (χ0n) is 9.25. The minimum absolute atomic E-state index is 0.235. The predicted molar refractivity (Wildman–Crippen MR) is 54.0 cm³/mol. The van der Waals surface area contributed by atoms with Crippen LogP contribution in [0.5, 0.6) is 0 Å². The van der Waals surface area contributed by atoms with Gasteiger partial charge < -0.3 is 9.47 Å². The van der Waals surface area contributed by atoms with Gasteiger partial charge in [-0.25, -0.2) is 5.32 Å². The third-order valence-electron chi connectivity index (χ3n) is 1.67. The zero-order valence-corrected chi connectivity index (χ0v) is 9.25. The molecule has 0 aromatic rings. The van der Waals surface area contributed by atoms with Crippen molar-refractivity contribution in [2.45, 2.75) is 39.9 Å². The van der Waals surface area contributed by atoms with E-state index in [0.717, 1.165) is 26.3 Å². The molecular formula is C10H22NO2. The highest BCUT2D eigenvalue weighted by Crippen LogP contribution is 1.91. The quantitative estimate of drug-likeness (QED) is 0.577. The Morgan fingerprint density at radius 2 is 1.31 bits per heavy atom. The molecule has 3 heteroatoms. The Balaban J connectivity index is 3.23. The van der Waals surface area contributed by atoms with Gasteiger partial charge in [0, 0.05) is 26.3 Å². The van der Waals surface area contributed by atoms with Crippen molar-refractivity contribution in [2.75, 3.05) is 26.3 Å². The summed E-state index contributed by atoms with van der Waals surface area (Å²) in [5, 5.41) is 4.36. The summed E-state index contributed by atoms with van der Waals surface area (Å²) in [6.45, 7) is 11.1. The van der Waals surface area contributed by atoms with Crippen LogP contribution in [-0.4, -0.2) is 38.5 Å². The van der Waals surface area contributed by atoms with Crippen LogP contribution in [0, 0.1) is 0 Å². The zero-order chi connectivity index (χ0) is 10.1. The van der Waals surface area contributed by atoms with Gasteiger partial charge in [-0.1, -0.05) is 0 Å². The average Bonchev–Trinajstić information content (AvgIpc) is 2.05. The van der Waals surface area contributed by atoms with Crippen molar-refractivity contribution in [3.8, 4) is 0 Å². The van der Waals surface area contributed by atoms with E-state index in [4.69, 9.17) is 9.47 Å². The van der Waals surface area contributed by atoms with Crippen molar-refractivity contribution >= 4 is 0 Å². The van der Waals surface area contributed by atoms with Crippen molar-refractivity contribution in [3.05, 3.63) is 0 Å². The van der Waals surface area contributed by atoms with Gasteiger partial charge in [0.1, 0.15) is 0 Å². The predicted octanol–water partition coefficient (Wildman–Crippen LogP) is 1.44. The van der Waals surface area contributed by atoms with Gasteiger partial charge >= 0.3 is 0 Å². The third-order valence-corrected chi connectivity index (χ3v) is 1.67. The number of ether oxygens (including phenoxy) is 2. The molecule has 0 saturated carbocycles. The fraction of sp³-hybridized carbons (Fsp3) is 1.00. The lowest BCUT2D eigenvalue weighted by Crippen LogP contribution is -2.28. The Morgan fingerprint density at radius 1 is 0.923 bits per heavy atom. The maximum absolute atomic E-state index is 5.35. The van der Waals surface area contributed by atoms with E-state index in [0.29, 0.717) is 0 Å². The van der Waals surface area contributed by atoms with Crippen molar-refractivity contribution in [3.63, 3.8) is 0 Å². The second-order valence-corrected chi connectivity index (χ2v) is 3.12. The van der Waals surface area contributed by atoms with Crippen molar-refractivity contribution in [1.82, 2.24) is 5.32 Å². The fourth-order valence-corrected chi connectivity index (χ4v) is 1.11. The van der Waals surface area contributed by atoms with Crippen molar-refractivity contribution in [1.29, 1.82) is 0 Å². The first-order chi connectivity index (χ1) is 6.20. The molecule has 0 aliphatic carbocycles. The number of hydrogen-bond acceptors (Lipinski definition) is 2. The highest BCUT2D eigenvalue weighted by atomic mass is 16.5. The minimum atomic E-state index is 0.235. The third kappa shape index (κ3) is 8.22. The molecule has 3 nitrogen and oxygen atoms in total. The Kier molecular flexibility index (Phi) is 8.40. The standard InChI is InChI=1S/C10H22NO2/c1-5-12-9(3)7-11-8-10(4)13-6-2/h9-10H,5-8H2,1-4H3. The SMILES string of the molecule is CCOC(C)C[N]CC(C)OCC. The highest BCUT2D eigenvalue weighted by Gasteiger charge is 2.04. The van der Waals surface area contributed by atoms with Gasteiger partial charge in [0.2, 0.25) is 0 Å². The first-order valence-corrected chi connectivity index (χ1v) is 5.07. The minimum Gasteiger partial charge on any atom is -0.377 e. The van der Waals surface area contributed by atoms with E-state index in [9.17, 15) is 0 Å². The maximum atomic E-state index is 5.35. The van der Waals surface area contributed by atoms with Gasteiger partial charge in [0.15, 0.2) is 0 Å². The number of nitrogens with zero attached hydrogens (tertiary/aromatic N) is 1. The van der Waals surface area contributed by atoms with Gasteiger partial charge in [0.05, 0.1) is 12.2 Å². The second-order valence-electron chi connectivity index (χ2n) is 3.12. The lowest BCUT2D eigenvalue weighted by molar-refractivity contribution is 0.0572. The summed E-state index contributed by atoms with van der Waals surface area (Å²) < 4.78 is 10.7. The molecule has 0 aromatic heterocycles. The Bertz CT molecular complexity index is 97.1. The molecule has 0 bridgehead atoms. The van der Waals surface area contributed by atoms with Crippen LogP contribution >= 0.6 is 0 Å². The van der Waals surface area contributed by atoms with E-state index in [1.54, 1.807) is 0 Å². The molecule has 0 N–H and O–H groups in total. The van der Waals surface area contributed by atoms with Crippen LogP contribution in [0.3, 0.4) is 0 Å². The average molecular weight is 188 g/mol. The van der Waals surface area contributed by atoms with Crippen molar-refractivity contribution < 1.29 is 9.47 Å². The molecular weight excluding hydrogens is 166 g/mol. The largest absolute Gasteiger partial charge is 0.377 e. The molecule has 2 atom stereocenters. The first-order valence-electron chi connectivity index (χ1n) is 5.07. The van der Waals surface area contributed by atoms with Crippen LogP contribution in [0.15, 0.2) is 0 Å². The van der Waals surface area contributed by atoms with Gasteiger partial charge in [-0.2, -0.15) is 0 Å². The van der Waals surface area contributed by atoms with Crippen molar-refractivity contribution in [2.24, 2.45) is 0 Å². The van der Waals surface area contributed by atoms with Crippen LogP contribution in [0.25, 0.3) is 0 Å². The molecule has 0 aromatic carbocycles. The van der Waals surface area contributed by atoms with E-state index < -0.39 is 0 Å². The molecule has 1 radical (unpaired) electrons. The van der Waals surface area contributed by atoms with E-state index in [1.165, 1.54) is 0 Å². The Morgan fingerprint density at radius 3 is 1.62 bits per heavy atom. The molecule has 0 fully saturated rings. The molecule has 0 saturated heterocycles. The molecule has 0 amide bonds. The van der Waals surface area contributed by atoms with E-state index in [2.05, 4.69) is 5.32 Å². The first kappa shape index (κ1) is 12.9. The van der Waals surface area contributed by atoms with Gasteiger partial charge in [-0.05, 0) is 27.7 Å². The maximum Gasteiger partial charge on any atom is 0.0687 e. The fourth-order valence-electron chi connectivity index (χ4n) is 1.11. The van der Waals surface area contributed by atoms with Crippen LogP contribution < -0.4 is 5.32 Å². The van der Waals surface area contributed by atoms with Gasteiger partial charge in [0.25, 0.3) is 0 Å². The van der Waals surface area contributed by atoms with E-state index in [1.807, 2.05) is 27.7 Å². The smallest absolute Gasteiger partial charge is 0.0687 e. The summed E-state index contributed by atoms with van der Waals surface area (Å²) in [6.07, 6.45) is 0.470. The second kappa shape index (κ2) is 8.48. The normalized spacial score (nSPS) is 15.7. The van der Waals surface area contributed by atoms with Crippen LogP contribution in [0.4, 0.5) is 0 Å². The van der Waals surface area contributed by atoms with E-state index >= 15 is 0 Å². The Labute approximate surface area is 81.8 Å². The van der Waals surface area contributed by atoms with Crippen LogP contribution in [0.1, 0.15) is 27.7 Å². The number of rotatable bonds is 8. The molecule has 2 unspecified atom stereocenters. The highest BCUT2D eigenvalue weighted by molar-refractivity contribution is 4.58. The summed E-state index contributed by atoms with van der Waals surface area (Å²) in [5.41, 5.74) is 0. The lowest BCUT2D eigenvalue weighted by atomic mass is 10.3. The monoisotopic (exact) mass is 188 g/mol. The summed E-state index contributed by atoms with van der Waals surface area (Å²) in [6, 6.07) is 0.